The molecular weight excluding hydrogens is 404 g/mol. The topological polar surface area (TPSA) is 101 Å². The number of carbonyl (C=O) groups excluding carboxylic acids is 3. The highest BCUT2D eigenvalue weighted by molar-refractivity contribution is 7.07. The Morgan fingerprint density at radius 2 is 2.07 bits per heavy atom. The van der Waals surface area contributed by atoms with Crippen molar-refractivity contribution in [1.82, 2.24) is 20.5 Å². The molecule has 0 saturated carbocycles. The van der Waals surface area contributed by atoms with Crippen LogP contribution in [0.15, 0.2) is 29.1 Å². The van der Waals surface area contributed by atoms with E-state index in [-0.39, 0.29) is 36.2 Å². The van der Waals surface area contributed by atoms with Crippen molar-refractivity contribution in [3.05, 3.63) is 45.9 Å². The molecule has 3 heterocycles. The second kappa shape index (κ2) is 8.83. The highest BCUT2D eigenvalue weighted by atomic mass is 32.1. The van der Waals surface area contributed by atoms with Gasteiger partial charge in [-0.15, -0.1) is 11.3 Å². The lowest BCUT2D eigenvalue weighted by Gasteiger charge is -2.30. The van der Waals surface area contributed by atoms with Crippen LogP contribution < -0.4 is 15.4 Å². The molecule has 1 aromatic carbocycles. The Kier molecular flexibility index (Phi) is 5.98. The van der Waals surface area contributed by atoms with E-state index in [1.165, 1.54) is 11.3 Å². The van der Waals surface area contributed by atoms with Gasteiger partial charge in [0.05, 0.1) is 12.1 Å². The van der Waals surface area contributed by atoms with Crippen LogP contribution >= 0.6 is 11.3 Å². The Morgan fingerprint density at radius 3 is 2.87 bits per heavy atom. The first-order valence-corrected chi connectivity index (χ1v) is 11.0. The summed E-state index contributed by atoms with van der Waals surface area (Å²) in [7, 11) is 0. The zero-order chi connectivity index (χ0) is 21.1. The molecule has 2 aliphatic rings. The minimum Gasteiger partial charge on any atom is -0.491 e. The van der Waals surface area contributed by atoms with Crippen molar-refractivity contribution in [3.63, 3.8) is 0 Å². The molecule has 0 unspecified atom stereocenters. The molecule has 158 valence electrons. The van der Waals surface area contributed by atoms with Crippen LogP contribution in [-0.2, 0) is 4.79 Å². The second-order valence-corrected chi connectivity index (χ2v) is 8.28. The highest BCUT2D eigenvalue weighted by Crippen LogP contribution is 2.28. The summed E-state index contributed by atoms with van der Waals surface area (Å²) in [6.07, 6.45) is 1.64. The van der Waals surface area contributed by atoms with E-state index in [4.69, 9.17) is 4.74 Å². The molecule has 30 heavy (non-hydrogen) atoms. The van der Waals surface area contributed by atoms with Crippen LogP contribution in [0.5, 0.6) is 5.75 Å². The smallest absolute Gasteiger partial charge is 0.273 e. The molecule has 4 rings (SSSR count). The van der Waals surface area contributed by atoms with Gasteiger partial charge in [0.1, 0.15) is 18.1 Å². The summed E-state index contributed by atoms with van der Waals surface area (Å²) in [5.41, 5.74) is 3.41. The van der Waals surface area contributed by atoms with Crippen molar-refractivity contribution in [2.75, 3.05) is 19.7 Å². The van der Waals surface area contributed by atoms with E-state index in [1.54, 1.807) is 27.9 Å². The van der Waals surface area contributed by atoms with Crippen molar-refractivity contribution in [2.45, 2.75) is 38.3 Å². The second-order valence-electron chi connectivity index (χ2n) is 7.56. The zero-order valence-electron chi connectivity index (χ0n) is 16.7. The summed E-state index contributed by atoms with van der Waals surface area (Å²) in [5, 5.41) is 7.52. The average molecular weight is 429 g/mol. The van der Waals surface area contributed by atoms with E-state index in [2.05, 4.69) is 15.6 Å². The van der Waals surface area contributed by atoms with E-state index in [0.717, 1.165) is 12.0 Å². The molecule has 1 fully saturated rings. The Hall–Kier alpha value is -2.94. The van der Waals surface area contributed by atoms with E-state index in [0.29, 0.717) is 43.1 Å². The van der Waals surface area contributed by atoms with Gasteiger partial charge in [-0.3, -0.25) is 14.4 Å². The third-order valence-electron chi connectivity index (χ3n) is 5.56. The Balaban J connectivity index is 1.60. The maximum atomic E-state index is 13.1. The molecule has 3 amide bonds. The van der Waals surface area contributed by atoms with Gasteiger partial charge in [-0.25, -0.2) is 4.98 Å². The van der Waals surface area contributed by atoms with Crippen molar-refractivity contribution < 1.29 is 19.1 Å². The fourth-order valence-corrected chi connectivity index (χ4v) is 4.52. The first kappa shape index (κ1) is 20.3. The van der Waals surface area contributed by atoms with Crippen LogP contribution in [0.3, 0.4) is 0 Å². The fourth-order valence-electron chi connectivity index (χ4n) is 3.99. The van der Waals surface area contributed by atoms with E-state index in [1.807, 2.05) is 13.0 Å². The van der Waals surface area contributed by atoms with E-state index >= 15 is 0 Å². The van der Waals surface area contributed by atoms with Crippen LogP contribution in [0.2, 0.25) is 0 Å². The van der Waals surface area contributed by atoms with Gasteiger partial charge in [0.2, 0.25) is 5.91 Å². The van der Waals surface area contributed by atoms with E-state index in [9.17, 15) is 14.4 Å². The molecule has 1 saturated heterocycles. The van der Waals surface area contributed by atoms with Crippen LogP contribution in [0.25, 0.3) is 0 Å². The van der Waals surface area contributed by atoms with Gasteiger partial charge in [0.25, 0.3) is 11.8 Å². The van der Waals surface area contributed by atoms with Gasteiger partial charge in [-0.05, 0) is 37.5 Å². The summed E-state index contributed by atoms with van der Waals surface area (Å²) in [6, 6.07) is 4.89. The molecule has 8 nitrogen and oxygen atoms in total. The normalized spacial score (nSPS) is 22.4. The molecule has 9 heteroatoms. The van der Waals surface area contributed by atoms with Crippen molar-refractivity contribution in [2.24, 2.45) is 0 Å². The number of amides is 3. The van der Waals surface area contributed by atoms with Crippen LogP contribution in [0.1, 0.15) is 45.7 Å². The summed E-state index contributed by atoms with van der Waals surface area (Å²) in [5.74, 6) is 0.0860. The maximum Gasteiger partial charge on any atom is 0.273 e. The number of fused-ring (bicyclic) bond motifs is 4. The Bertz CT molecular complexity index is 946. The van der Waals surface area contributed by atoms with Crippen molar-refractivity contribution in [1.29, 1.82) is 0 Å². The van der Waals surface area contributed by atoms with Crippen molar-refractivity contribution in [3.8, 4) is 5.75 Å². The molecule has 0 radical (unpaired) electrons. The number of hydrogen-bond donors (Lipinski definition) is 2. The first-order chi connectivity index (χ1) is 14.5. The van der Waals surface area contributed by atoms with Gasteiger partial charge in [0, 0.05) is 36.0 Å². The minimum atomic E-state index is -0.226. The van der Waals surface area contributed by atoms with Crippen LogP contribution in [0.4, 0.5) is 0 Å². The zero-order valence-corrected chi connectivity index (χ0v) is 17.5. The van der Waals surface area contributed by atoms with Gasteiger partial charge < -0.3 is 20.3 Å². The number of carbonyl (C=O) groups is 3. The van der Waals surface area contributed by atoms with Crippen LogP contribution in [0, 0.1) is 6.92 Å². The van der Waals surface area contributed by atoms with Gasteiger partial charge in [-0.2, -0.15) is 0 Å². The lowest BCUT2D eigenvalue weighted by molar-refractivity contribution is -0.122. The quantitative estimate of drug-likeness (QED) is 0.721. The summed E-state index contributed by atoms with van der Waals surface area (Å²) < 4.78 is 5.75. The Labute approximate surface area is 178 Å². The molecule has 4 bridgehead atoms. The number of aryl methyl sites for hydroxylation is 1. The third kappa shape index (κ3) is 4.30. The highest BCUT2D eigenvalue weighted by Gasteiger charge is 2.39. The minimum absolute atomic E-state index is 0.121. The SMILES string of the molecule is Cc1ccc2cc1OCCNC(=O)C[C@@H]1CC[C@H](CNC2=O)N1C(=O)c1cscn1. The molecule has 2 atom stereocenters. The molecule has 0 spiro atoms. The number of benzene rings is 1. The number of hydrogen-bond acceptors (Lipinski definition) is 6. The molecule has 2 N–H and O–H groups in total. The van der Waals surface area contributed by atoms with Gasteiger partial charge in [0.15, 0.2) is 0 Å². The number of thiazole rings is 1. The largest absolute Gasteiger partial charge is 0.491 e. The monoisotopic (exact) mass is 428 g/mol. The number of aromatic nitrogens is 1. The van der Waals surface area contributed by atoms with Gasteiger partial charge >= 0.3 is 0 Å². The van der Waals surface area contributed by atoms with Crippen molar-refractivity contribution >= 4 is 29.1 Å². The molecule has 0 aliphatic carbocycles. The van der Waals surface area contributed by atoms with Gasteiger partial charge in [-0.1, -0.05) is 6.07 Å². The number of rotatable bonds is 1. The molecule has 1 aromatic heterocycles. The van der Waals surface area contributed by atoms with Crippen LogP contribution in [-0.4, -0.2) is 59.4 Å². The van der Waals surface area contributed by atoms with E-state index < -0.39 is 0 Å². The lowest BCUT2D eigenvalue weighted by atomic mass is 10.1. The predicted octanol–water partition coefficient (Wildman–Crippen LogP) is 1.75. The average Bonchev–Trinajstić information content (AvgIpc) is 3.40. The first-order valence-electron chi connectivity index (χ1n) is 10.0. The third-order valence-corrected chi connectivity index (χ3v) is 6.14. The summed E-state index contributed by atoms with van der Waals surface area (Å²) in [4.78, 5) is 44.1. The molecule has 2 aliphatic heterocycles. The maximum absolute atomic E-state index is 13.1. The number of nitrogens with zero attached hydrogens (tertiary/aromatic N) is 2. The fraction of sp³-hybridized carbons (Fsp3) is 0.429. The summed E-state index contributed by atoms with van der Waals surface area (Å²) in [6.45, 7) is 2.87. The predicted molar refractivity (Wildman–Crippen MR) is 112 cm³/mol. The lowest BCUT2D eigenvalue weighted by Crippen LogP contribution is -2.48. The number of nitrogens with one attached hydrogen (secondary N) is 2. The molecule has 2 aromatic rings. The number of ether oxygens (including phenoxy) is 1. The molecular formula is C21H24N4O4S. The standard InChI is InChI=1S/C21H24N4O4S/c1-13-2-3-14-8-18(13)29-7-6-22-19(26)9-15-4-5-16(10-23-20(14)27)25(15)21(28)17-11-30-12-24-17/h2-3,8,11-12,15-16H,4-7,9-10H2,1H3,(H,22,26)(H,23,27)/t15-,16+/m0/s1. The Morgan fingerprint density at radius 1 is 1.23 bits per heavy atom. The summed E-state index contributed by atoms with van der Waals surface area (Å²) >= 11 is 1.36.